The highest BCUT2D eigenvalue weighted by atomic mass is 16.5. The first-order valence-electron chi connectivity index (χ1n) is 9.76. The monoisotopic (exact) mass is 430 g/mol. The van der Waals surface area contributed by atoms with Crippen molar-refractivity contribution in [3.8, 4) is 11.5 Å². The van der Waals surface area contributed by atoms with Crippen LogP contribution < -0.4 is 20.3 Å². The molecule has 0 aliphatic carbocycles. The molecule has 0 atom stereocenters. The van der Waals surface area contributed by atoms with Crippen LogP contribution in [0.3, 0.4) is 0 Å². The van der Waals surface area contributed by atoms with Crippen molar-refractivity contribution in [1.29, 1.82) is 0 Å². The van der Waals surface area contributed by atoms with Crippen LogP contribution in [0.4, 0.5) is 0 Å². The van der Waals surface area contributed by atoms with E-state index < -0.39 is 17.8 Å². The molecule has 7 nitrogen and oxygen atoms in total. The van der Waals surface area contributed by atoms with E-state index in [4.69, 9.17) is 9.47 Å². The third-order valence-corrected chi connectivity index (χ3v) is 4.47. The Labute approximate surface area is 185 Å². The van der Waals surface area contributed by atoms with Gasteiger partial charge < -0.3 is 9.47 Å². The summed E-state index contributed by atoms with van der Waals surface area (Å²) in [6, 6.07) is 20.3. The van der Waals surface area contributed by atoms with Crippen LogP contribution in [0.1, 0.15) is 31.8 Å². The number of ether oxygens (including phenoxy) is 2. The van der Waals surface area contributed by atoms with Gasteiger partial charge in [-0.15, -0.1) is 0 Å². The van der Waals surface area contributed by atoms with Crippen LogP contribution in [0.5, 0.6) is 11.5 Å². The molecule has 0 aliphatic heterocycles. The third-order valence-electron chi connectivity index (χ3n) is 4.47. The maximum atomic E-state index is 12.4. The number of carbonyl (C=O) groups is 3. The van der Waals surface area contributed by atoms with Gasteiger partial charge in [-0.2, -0.15) is 0 Å². The van der Waals surface area contributed by atoms with E-state index in [9.17, 15) is 14.4 Å². The average Bonchev–Trinajstić information content (AvgIpc) is 2.82. The molecule has 0 spiro atoms. The molecule has 3 rings (SSSR count). The summed E-state index contributed by atoms with van der Waals surface area (Å²) in [7, 11) is 1.54. The number of hydrazine groups is 1. The molecular formula is C25H22N2O5. The second kappa shape index (κ2) is 10.6. The number of benzene rings is 3. The van der Waals surface area contributed by atoms with Crippen molar-refractivity contribution in [3.05, 3.63) is 101 Å². The lowest BCUT2D eigenvalue weighted by atomic mass is 10.1. The standard InChI is InChI=1S/C25H22N2O5/c1-17-7-9-19(10-8-17)24(29)27-26-23(28)16-13-18-5-3-4-6-22(18)32-25(30)20-11-14-21(31-2)15-12-20/h3-16H,1-2H3,(H,26,28)(H,27,29)/b16-13+. The van der Waals surface area contributed by atoms with E-state index >= 15 is 0 Å². The highest BCUT2D eigenvalue weighted by Crippen LogP contribution is 2.21. The Morgan fingerprint density at radius 3 is 2.16 bits per heavy atom. The molecule has 0 bridgehead atoms. The minimum absolute atomic E-state index is 0.293. The van der Waals surface area contributed by atoms with Crippen LogP contribution in [-0.2, 0) is 4.79 Å². The average molecular weight is 430 g/mol. The van der Waals surface area contributed by atoms with E-state index in [1.54, 1.807) is 79.9 Å². The van der Waals surface area contributed by atoms with Gasteiger partial charge in [0, 0.05) is 17.2 Å². The molecule has 3 aromatic carbocycles. The molecule has 7 heteroatoms. The van der Waals surface area contributed by atoms with Gasteiger partial charge in [0.25, 0.3) is 11.8 Å². The zero-order valence-corrected chi connectivity index (χ0v) is 17.6. The van der Waals surface area contributed by atoms with Gasteiger partial charge in [0.1, 0.15) is 11.5 Å². The lowest BCUT2D eigenvalue weighted by Gasteiger charge is -2.08. The normalized spacial score (nSPS) is 10.4. The molecule has 0 unspecified atom stereocenters. The van der Waals surface area contributed by atoms with Crippen molar-refractivity contribution < 1.29 is 23.9 Å². The number of aryl methyl sites for hydroxylation is 1. The van der Waals surface area contributed by atoms with Crippen molar-refractivity contribution in [2.24, 2.45) is 0 Å². The first-order chi connectivity index (χ1) is 15.5. The summed E-state index contributed by atoms with van der Waals surface area (Å²) in [5.74, 6) is -0.586. The number of methoxy groups -OCH3 is 1. The minimum atomic E-state index is -0.540. The molecule has 32 heavy (non-hydrogen) atoms. The predicted molar refractivity (Wildman–Crippen MR) is 120 cm³/mol. The van der Waals surface area contributed by atoms with Crippen molar-refractivity contribution in [2.75, 3.05) is 7.11 Å². The topological polar surface area (TPSA) is 93.7 Å². The maximum Gasteiger partial charge on any atom is 0.343 e. The Morgan fingerprint density at radius 1 is 0.812 bits per heavy atom. The highest BCUT2D eigenvalue weighted by molar-refractivity contribution is 5.98. The maximum absolute atomic E-state index is 12.4. The van der Waals surface area contributed by atoms with Gasteiger partial charge in [-0.3, -0.25) is 20.4 Å². The SMILES string of the molecule is COc1ccc(C(=O)Oc2ccccc2/C=C/C(=O)NNC(=O)c2ccc(C)cc2)cc1. The number of hydrogen-bond acceptors (Lipinski definition) is 5. The highest BCUT2D eigenvalue weighted by Gasteiger charge is 2.11. The lowest BCUT2D eigenvalue weighted by molar-refractivity contribution is -0.117. The Kier molecular flexibility index (Phi) is 7.37. The van der Waals surface area contributed by atoms with E-state index in [-0.39, 0.29) is 0 Å². The quantitative estimate of drug-likeness (QED) is 0.269. The molecule has 0 saturated carbocycles. The molecule has 0 saturated heterocycles. The van der Waals surface area contributed by atoms with Crippen LogP contribution in [-0.4, -0.2) is 24.9 Å². The molecule has 2 N–H and O–H groups in total. The molecule has 162 valence electrons. The lowest BCUT2D eigenvalue weighted by Crippen LogP contribution is -2.40. The summed E-state index contributed by atoms with van der Waals surface area (Å²) in [6.45, 7) is 1.92. The van der Waals surface area contributed by atoms with E-state index in [0.29, 0.717) is 28.2 Å². The van der Waals surface area contributed by atoms with Crippen LogP contribution in [0.15, 0.2) is 78.9 Å². The number of carbonyl (C=O) groups excluding carboxylic acids is 3. The molecule has 0 fully saturated rings. The summed E-state index contributed by atoms with van der Waals surface area (Å²) < 4.78 is 10.6. The summed E-state index contributed by atoms with van der Waals surface area (Å²) >= 11 is 0. The number of hydrogen-bond donors (Lipinski definition) is 2. The molecule has 0 heterocycles. The molecule has 3 aromatic rings. The van der Waals surface area contributed by atoms with E-state index in [1.165, 1.54) is 12.2 Å². The summed E-state index contributed by atoms with van der Waals surface area (Å²) in [4.78, 5) is 36.6. The molecule has 2 amide bonds. The second-order valence-corrected chi connectivity index (χ2v) is 6.80. The van der Waals surface area contributed by atoms with E-state index in [1.807, 2.05) is 6.92 Å². The Bertz CT molecular complexity index is 1140. The van der Waals surface area contributed by atoms with Crippen LogP contribution >= 0.6 is 0 Å². The Morgan fingerprint density at radius 2 is 1.47 bits per heavy atom. The summed E-state index contributed by atoms with van der Waals surface area (Å²) in [6.07, 6.45) is 2.72. The smallest absolute Gasteiger partial charge is 0.343 e. The van der Waals surface area contributed by atoms with Gasteiger partial charge in [-0.25, -0.2) is 4.79 Å². The third kappa shape index (κ3) is 6.06. The van der Waals surface area contributed by atoms with Gasteiger partial charge in [0.05, 0.1) is 12.7 Å². The van der Waals surface area contributed by atoms with Gasteiger partial charge >= 0.3 is 5.97 Å². The van der Waals surface area contributed by atoms with Gasteiger partial charge in [-0.1, -0.05) is 35.9 Å². The van der Waals surface area contributed by atoms with Crippen molar-refractivity contribution in [1.82, 2.24) is 10.9 Å². The largest absolute Gasteiger partial charge is 0.497 e. The number of nitrogens with one attached hydrogen (secondary N) is 2. The number of esters is 1. The number of rotatable bonds is 6. The number of amides is 2. The predicted octanol–water partition coefficient (Wildman–Crippen LogP) is 3.70. The van der Waals surface area contributed by atoms with Gasteiger partial charge in [0.2, 0.25) is 0 Å². The minimum Gasteiger partial charge on any atom is -0.497 e. The van der Waals surface area contributed by atoms with Crippen LogP contribution in [0.2, 0.25) is 0 Å². The molecule has 0 aromatic heterocycles. The van der Waals surface area contributed by atoms with E-state index in [0.717, 1.165) is 5.56 Å². The van der Waals surface area contributed by atoms with Crippen LogP contribution in [0, 0.1) is 6.92 Å². The fraction of sp³-hybridized carbons (Fsp3) is 0.0800. The summed E-state index contributed by atoms with van der Waals surface area (Å²) in [5.41, 5.74) is 7.00. The first-order valence-corrected chi connectivity index (χ1v) is 9.76. The summed E-state index contributed by atoms with van der Waals surface area (Å²) in [5, 5.41) is 0. The molecule has 0 aliphatic rings. The molecule has 0 radical (unpaired) electrons. The Balaban J connectivity index is 1.60. The van der Waals surface area contributed by atoms with E-state index in [2.05, 4.69) is 10.9 Å². The fourth-order valence-corrected chi connectivity index (χ4v) is 2.70. The van der Waals surface area contributed by atoms with Crippen molar-refractivity contribution in [3.63, 3.8) is 0 Å². The zero-order chi connectivity index (χ0) is 22.9. The second-order valence-electron chi connectivity index (χ2n) is 6.80. The van der Waals surface area contributed by atoms with Crippen LogP contribution in [0.25, 0.3) is 6.08 Å². The van der Waals surface area contributed by atoms with Crippen molar-refractivity contribution in [2.45, 2.75) is 6.92 Å². The fourth-order valence-electron chi connectivity index (χ4n) is 2.70. The van der Waals surface area contributed by atoms with Crippen molar-refractivity contribution >= 4 is 23.9 Å². The first kappa shape index (κ1) is 22.3. The zero-order valence-electron chi connectivity index (χ0n) is 17.6. The molecular weight excluding hydrogens is 408 g/mol. The van der Waals surface area contributed by atoms with Gasteiger partial charge in [-0.05, 0) is 55.5 Å². The van der Waals surface area contributed by atoms with Gasteiger partial charge in [0.15, 0.2) is 0 Å². The Hall–Kier alpha value is -4.39. The number of para-hydroxylation sites is 1.